The van der Waals surface area contributed by atoms with Crippen molar-refractivity contribution >= 4 is 22.8 Å². The van der Waals surface area contributed by atoms with E-state index in [0.717, 1.165) is 16.5 Å². The topological polar surface area (TPSA) is 80.6 Å². The van der Waals surface area contributed by atoms with Crippen LogP contribution in [0, 0.1) is 13.8 Å². The molecule has 1 heterocycles. The predicted molar refractivity (Wildman–Crippen MR) is 97.8 cm³/mol. The number of carbonyl (C=O) groups is 2. The van der Waals surface area contributed by atoms with Gasteiger partial charge in [-0.1, -0.05) is 30.3 Å². The van der Waals surface area contributed by atoms with E-state index in [0.29, 0.717) is 11.3 Å². The summed E-state index contributed by atoms with van der Waals surface area (Å²) in [6.45, 7) is 5.52. The Hall–Kier alpha value is -3.28. The molecule has 0 bridgehead atoms. The molecule has 0 aliphatic rings. The number of carbonyl (C=O) groups excluding carboxylic acids is 2. The Kier molecular flexibility index (Phi) is 4.93. The molecule has 134 valence electrons. The Labute approximate surface area is 151 Å². The summed E-state index contributed by atoms with van der Waals surface area (Å²) in [5, 5.41) is 0.815. The number of furan rings is 1. The van der Waals surface area contributed by atoms with E-state index in [4.69, 9.17) is 9.15 Å². The summed E-state index contributed by atoms with van der Waals surface area (Å²) >= 11 is 0. The zero-order valence-corrected chi connectivity index (χ0v) is 14.8. The average molecular weight is 352 g/mol. The number of ether oxygens (including phenoxy) is 1. The zero-order valence-electron chi connectivity index (χ0n) is 14.8. The molecule has 2 aromatic carbocycles. The summed E-state index contributed by atoms with van der Waals surface area (Å²) < 4.78 is 11.1. The molecule has 3 aromatic rings. The Morgan fingerprint density at radius 1 is 1.04 bits per heavy atom. The summed E-state index contributed by atoms with van der Waals surface area (Å²) in [5.74, 6) is -0.241. The standard InChI is InChI=1S/C20H20N2O4/c1-12-7-6-10-16(13(12)2)25-14(3)19(23)21-22-20(24)18-11-15-8-4-5-9-17(15)26-18/h4-11,14H,1-3H3,(H,21,23)(H,22,24)/t14-/m0/s1. The molecule has 1 atom stereocenters. The first-order chi connectivity index (χ1) is 12.5. The van der Waals surface area contributed by atoms with Crippen LogP contribution in [0.2, 0.25) is 0 Å². The molecule has 0 saturated heterocycles. The third-order valence-corrected chi connectivity index (χ3v) is 4.18. The maximum atomic E-state index is 12.2. The fraction of sp³-hybridized carbons (Fsp3) is 0.200. The Bertz CT molecular complexity index is 928. The summed E-state index contributed by atoms with van der Waals surface area (Å²) in [5.41, 5.74) is 7.35. The van der Waals surface area contributed by atoms with Gasteiger partial charge in [0, 0.05) is 5.39 Å². The van der Waals surface area contributed by atoms with Crippen LogP contribution in [0.3, 0.4) is 0 Å². The van der Waals surface area contributed by atoms with Gasteiger partial charge in [-0.3, -0.25) is 20.4 Å². The zero-order chi connectivity index (χ0) is 18.7. The number of nitrogens with one attached hydrogen (secondary N) is 2. The van der Waals surface area contributed by atoms with Gasteiger partial charge in [0.25, 0.3) is 5.91 Å². The lowest BCUT2D eigenvalue weighted by atomic mass is 10.1. The number of hydrazine groups is 1. The molecule has 0 fully saturated rings. The van der Waals surface area contributed by atoms with Crippen LogP contribution in [0.4, 0.5) is 0 Å². The van der Waals surface area contributed by atoms with Crippen LogP contribution < -0.4 is 15.6 Å². The van der Waals surface area contributed by atoms with Crippen LogP contribution in [0.15, 0.2) is 52.9 Å². The van der Waals surface area contributed by atoms with E-state index in [1.54, 1.807) is 25.1 Å². The summed E-state index contributed by atoms with van der Waals surface area (Å²) in [6, 6.07) is 14.5. The Balaban J connectivity index is 1.59. The van der Waals surface area contributed by atoms with Gasteiger partial charge in [-0.15, -0.1) is 0 Å². The first kappa shape index (κ1) is 17.5. The highest BCUT2D eigenvalue weighted by atomic mass is 16.5. The molecule has 1 aromatic heterocycles. The highest BCUT2D eigenvalue weighted by Crippen LogP contribution is 2.22. The fourth-order valence-electron chi connectivity index (χ4n) is 2.47. The predicted octanol–water partition coefficient (Wildman–Crippen LogP) is 3.28. The third kappa shape index (κ3) is 3.69. The number of rotatable bonds is 4. The minimum absolute atomic E-state index is 0.120. The van der Waals surface area contributed by atoms with Crippen LogP contribution in [0.25, 0.3) is 11.0 Å². The molecule has 0 spiro atoms. The second-order valence-electron chi connectivity index (χ2n) is 6.05. The third-order valence-electron chi connectivity index (χ3n) is 4.18. The van der Waals surface area contributed by atoms with Crippen molar-refractivity contribution in [3.05, 3.63) is 65.4 Å². The molecule has 0 radical (unpaired) electrons. The van der Waals surface area contributed by atoms with Gasteiger partial charge < -0.3 is 9.15 Å². The van der Waals surface area contributed by atoms with Gasteiger partial charge in [0.1, 0.15) is 11.3 Å². The summed E-state index contributed by atoms with van der Waals surface area (Å²) in [6.07, 6.45) is -0.772. The average Bonchev–Trinajstić information content (AvgIpc) is 3.07. The monoisotopic (exact) mass is 352 g/mol. The molecule has 0 aliphatic carbocycles. The highest BCUT2D eigenvalue weighted by Gasteiger charge is 2.18. The fourth-order valence-corrected chi connectivity index (χ4v) is 2.47. The normalized spacial score (nSPS) is 11.8. The number of fused-ring (bicyclic) bond motifs is 1. The second kappa shape index (κ2) is 7.31. The minimum Gasteiger partial charge on any atom is -0.481 e. The lowest BCUT2D eigenvalue weighted by molar-refractivity contribution is -0.128. The molecule has 0 aliphatic heterocycles. The van der Waals surface area contributed by atoms with Gasteiger partial charge in [0.2, 0.25) is 0 Å². The van der Waals surface area contributed by atoms with Crippen LogP contribution in [0.5, 0.6) is 5.75 Å². The van der Waals surface area contributed by atoms with Crippen LogP contribution in [-0.2, 0) is 4.79 Å². The SMILES string of the molecule is Cc1cccc(O[C@@H](C)C(=O)NNC(=O)c2cc3ccccc3o2)c1C. The lowest BCUT2D eigenvalue weighted by Crippen LogP contribution is -2.47. The van der Waals surface area contributed by atoms with Gasteiger partial charge in [-0.05, 0) is 50.1 Å². The van der Waals surface area contributed by atoms with Gasteiger partial charge in [-0.2, -0.15) is 0 Å². The molecule has 0 unspecified atom stereocenters. The van der Waals surface area contributed by atoms with Crippen molar-refractivity contribution < 1.29 is 18.7 Å². The Morgan fingerprint density at radius 3 is 2.58 bits per heavy atom. The van der Waals surface area contributed by atoms with Crippen LogP contribution in [0.1, 0.15) is 28.6 Å². The molecule has 2 N–H and O–H groups in total. The molecule has 2 amide bonds. The number of benzene rings is 2. The van der Waals surface area contributed by atoms with Gasteiger partial charge in [0.05, 0.1) is 0 Å². The van der Waals surface area contributed by atoms with Gasteiger partial charge >= 0.3 is 5.91 Å². The van der Waals surface area contributed by atoms with E-state index < -0.39 is 17.9 Å². The quantitative estimate of drug-likeness (QED) is 0.706. The molecule has 6 nitrogen and oxygen atoms in total. The van der Waals surface area contributed by atoms with E-state index in [1.165, 1.54) is 0 Å². The largest absolute Gasteiger partial charge is 0.481 e. The van der Waals surface area contributed by atoms with Crippen molar-refractivity contribution in [3.63, 3.8) is 0 Å². The summed E-state index contributed by atoms with van der Waals surface area (Å²) in [7, 11) is 0. The van der Waals surface area contributed by atoms with Crippen molar-refractivity contribution in [2.45, 2.75) is 26.9 Å². The molecule has 0 saturated carbocycles. The van der Waals surface area contributed by atoms with Gasteiger partial charge in [0.15, 0.2) is 11.9 Å². The Morgan fingerprint density at radius 2 is 1.81 bits per heavy atom. The number of hydrogen-bond donors (Lipinski definition) is 2. The molecule has 6 heteroatoms. The van der Waals surface area contributed by atoms with E-state index >= 15 is 0 Å². The van der Waals surface area contributed by atoms with Crippen molar-refractivity contribution in [2.75, 3.05) is 0 Å². The van der Waals surface area contributed by atoms with Crippen LogP contribution >= 0.6 is 0 Å². The number of amides is 2. The van der Waals surface area contributed by atoms with Gasteiger partial charge in [-0.25, -0.2) is 0 Å². The van der Waals surface area contributed by atoms with E-state index in [1.807, 2.05) is 44.2 Å². The molecule has 3 rings (SSSR count). The number of para-hydroxylation sites is 1. The molecule has 26 heavy (non-hydrogen) atoms. The first-order valence-corrected chi connectivity index (χ1v) is 8.27. The molecular weight excluding hydrogens is 332 g/mol. The first-order valence-electron chi connectivity index (χ1n) is 8.27. The van der Waals surface area contributed by atoms with Crippen molar-refractivity contribution in [1.82, 2.24) is 10.9 Å². The van der Waals surface area contributed by atoms with E-state index in [2.05, 4.69) is 10.9 Å². The lowest BCUT2D eigenvalue weighted by Gasteiger charge is -2.17. The van der Waals surface area contributed by atoms with E-state index in [-0.39, 0.29) is 5.76 Å². The number of hydrogen-bond acceptors (Lipinski definition) is 4. The molecular formula is C20H20N2O4. The maximum absolute atomic E-state index is 12.2. The van der Waals surface area contributed by atoms with Crippen molar-refractivity contribution in [2.24, 2.45) is 0 Å². The van der Waals surface area contributed by atoms with Crippen LogP contribution in [-0.4, -0.2) is 17.9 Å². The summed E-state index contributed by atoms with van der Waals surface area (Å²) in [4.78, 5) is 24.3. The second-order valence-corrected chi connectivity index (χ2v) is 6.05. The highest BCUT2D eigenvalue weighted by molar-refractivity contribution is 5.97. The minimum atomic E-state index is -0.772. The van der Waals surface area contributed by atoms with E-state index in [9.17, 15) is 9.59 Å². The maximum Gasteiger partial charge on any atom is 0.305 e. The van der Waals surface area contributed by atoms with Crippen molar-refractivity contribution in [3.8, 4) is 5.75 Å². The number of aryl methyl sites for hydroxylation is 1. The smallest absolute Gasteiger partial charge is 0.305 e. The van der Waals surface area contributed by atoms with Crippen molar-refractivity contribution in [1.29, 1.82) is 0 Å².